The molecule has 1 fully saturated rings. The lowest BCUT2D eigenvalue weighted by molar-refractivity contribution is -0.132. The van der Waals surface area contributed by atoms with Crippen LogP contribution in [-0.4, -0.2) is 69.4 Å². The van der Waals surface area contributed by atoms with Crippen LogP contribution in [0.4, 0.5) is 10.5 Å². The number of para-hydroxylation sites is 1. The molecule has 0 aliphatic carbocycles. The van der Waals surface area contributed by atoms with Crippen LogP contribution in [0.1, 0.15) is 152 Å². The average molecular weight is 798 g/mol. The smallest absolute Gasteiger partial charge is 0.339 e. The first-order chi connectivity index (χ1) is 28.0. The first kappa shape index (κ1) is 45.2. The summed E-state index contributed by atoms with van der Waals surface area (Å²) in [5.41, 5.74) is 0.292. The van der Waals surface area contributed by atoms with Gasteiger partial charge in [-0.25, -0.2) is 19.3 Å². The zero-order valence-electron chi connectivity index (χ0n) is 33.9. The number of Topliss-reactive ketones (excluding diaryl/α,β-unsaturated/α-hetero) is 1. The number of urea groups is 1. The van der Waals surface area contributed by atoms with Crippen molar-refractivity contribution < 1.29 is 43.7 Å². The van der Waals surface area contributed by atoms with E-state index < -0.39 is 70.1 Å². The Morgan fingerprint density at radius 1 is 0.724 bits per heavy atom. The highest BCUT2D eigenvalue weighted by atomic mass is 16.5. The molecule has 1 aliphatic rings. The van der Waals surface area contributed by atoms with Crippen LogP contribution in [0.25, 0.3) is 0 Å². The molecule has 0 saturated carbocycles. The number of ketones is 1. The van der Waals surface area contributed by atoms with Gasteiger partial charge in [-0.3, -0.25) is 14.4 Å². The van der Waals surface area contributed by atoms with Crippen molar-refractivity contribution in [2.24, 2.45) is 0 Å². The van der Waals surface area contributed by atoms with Gasteiger partial charge in [0, 0.05) is 17.7 Å². The number of amides is 4. The monoisotopic (exact) mass is 797 g/mol. The van der Waals surface area contributed by atoms with Crippen LogP contribution in [0.2, 0.25) is 0 Å². The van der Waals surface area contributed by atoms with Crippen LogP contribution in [0, 0.1) is 6.92 Å². The Balaban J connectivity index is 1.40. The normalized spacial score (nSPS) is 14.2. The summed E-state index contributed by atoms with van der Waals surface area (Å²) in [7, 11) is 0. The lowest BCUT2D eigenvalue weighted by Gasteiger charge is -2.24. The molecule has 2 atom stereocenters. The molecule has 58 heavy (non-hydrogen) atoms. The molecule has 312 valence electrons. The fourth-order valence-electron chi connectivity index (χ4n) is 7.20. The van der Waals surface area contributed by atoms with E-state index in [1.165, 1.54) is 70.6 Å². The van der Waals surface area contributed by atoms with Crippen LogP contribution in [0.15, 0.2) is 66.7 Å². The Labute approximate surface area is 341 Å². The van der Waals surface area contributed by atoms with Gasteiger partial charge in [0.1, 0.15) is 22.9 Å². The average Bonchev–Trinajstić information content (AvgIpc) is 3.47. The molecule has 0 spiro atoms. The maximum Gasteiger partial charge on any atom is 0.339 e. The molecule has 2 unspecified atom stereocenters. The standard InChI is InChI=1S/C46H59N3O9/c1-3-4-5-6-7-8-9-10-11-12-13-14-15-16-17-21-28-58-41-36(44(53)54)30-34(31-37(41)45(55)56)40(50)39(42(51)47-35-22-19-18-20-23-35)49-43(52)38(48-46(49)57)29-33-26-24-32(2)25-27-33/h18-20,22-27,30-31,38-39H,3-17,21,28-29H2,1-2H3,(H,47,51)(H,48,57)(H,53,54)(H,55,56). The number of nitrogens with one attached hydrogen (secondary N) is 2. The molecule has 12 heteroatoms. The molecule has 3 aromatic carbocycles. The van der Waals surface area contributed by atoms with Gasteiger partial charge in [-0.1, -0.05) is 151 Å². The second-order valence-corrected chi connectivity index (χ2v) is 15.2. The minimum atomic E-state index is -2.10. The zero-order chi connectivity index (χ0) is 41.9. The highest BCUT2D eigenvalue weighted by molar-refractivity contribution is 6.23. The van der Waals surface area contributed by atoms with Crippen molar-refractivity contribution in [2.45, 2.75) is 135 Å². The van der Waals surface area contributed by atoms with Gasteiger partial charge in [-0.2, -0.15) is 0 Å². The zero-order valence-corrected chi connectivity index (χ0v) is 33.9. The Kier molecular flexibility index (Phi) is 18.4. The molecule has 3 aromatic rings. The maximum atomic E-state index is 14.3. The first-order valence-corrected chi connectivity index (χ1v) is 20.9. The van der Waals surface area contributed by atoms with Crippen molar-refractivity contribution in [3.63, 3.8) is 0 Å². The number of carbonyl (C=O) groups excluding carboxylic acids is 4. The number of hydrogen-bond donors (Lipinski definition) is 4. The number of ether oxygens (including phenoxy) is 1. The van der Waals surface area contributed by atoms with Gasteiger partial charge in [0.15, 0.2) is 11.8 Å². The fraction of sp³-hybridized carbons (Fsp3) is 0.478. The highest BCUT2D eigenvalue weighted by Crippen LogP contribution is 2.30. The predicted octanol–water partition coefficient (Wildman–Crippen LogP) is 9.38. The summed E-state index contributed by atoms with van der Waals surface area (Å²) >= 11 is 0. The summed E-state index contributed by atoms with van der Waals surface area (Å²) in [6, 6.07) is 13.0. The molecule has 0 bridgehead atoms. The van der Waals surface area contributed by atoms with Crippen LogP contribution >= 0.6 is 0 Å². The second-order valence-electron chi connectivity index (χ2n) is 15.2. The topological polar surface area (TPSA) is 179 Å². The van der Waals surface area contributed by atoms with Crippen molar-refractivity contribution in [1.29, 1.82) is 0 Å². The number of rotatable bonds is 27. The van der Waals surface area contributed by atoms with Crippen molar-refractivity contribution in [1.82, 2.24) is 10.2 Å². The van der Waals surface area contributed by atoms with Crippen LogP contribution < -0.4 is 15.4 Å². The van der Waals surface area contributed by atoms with E-state index in [9.17, 15) is 39.0 Å². The molecule has 4 rings (SSSR count). The minimum Gasteiger partial charge on any atom is -0.492 e. The molecule has 12 nitrogen and oxygen atoms in total. The molecule has 1 aliphatic heterocycles. The third kappa shape index (κ3) is 13.6. The van der Waals surface area contributed by atoms with E-state index in [1.54, 1.807) is 42.5 Å². The third-order valence-electron chi connectivity index (χ3n) is 10.5. The Bertz CT molecular complexity index is 1810. The number of carboxylic acid groups (broad SMARTS) is 2. The van der Waals surface area contributed by atoms with E-state index in [0.29, 0.717) is 11.3 Å². The predicted molar refractivity (Wildman–Crippen MR) is 223 cm³/mol. The number of carbonyl (C=O) groups is 6. The lowest BCUT2D eigenvalue weighted by atomic mass is 9.96. The Morgan fingerprint density at radius 2 is 1.22 bits per heavy atom. The Hall–Kier alpha value is -5.52. The van der Waals surface area contributed by atoms with Crippen molar-refractivity contribution >= 4 is 41.3 Å². The van der Waals surface area contributed by atoms with E-state index >= 15 is 0 Å². The number of aromatic carboxylic acids is 2. The summed E-state index contributed by atoms with van der Waals surface area (Å²) < 4.78 is 5.76. The number of unbranched alkanes of at least 4 members (excludes halogenated alkanes) is 15. The van der Waals surface area contributed by atoms with Crippen LogP contribution in [0.5, 0.6) is 5.75 Å². The molecule has 4 amide bonds. The summed E-state index contributed by atoms with van der Waals surface area (Å²) in [5, 5.41) is 25.4. The summed E-state index contributed by atoms with van der Waals surface area (Å²) in [4.78, 5) is 80.8. The number of hydrogen-bond acceptors (Lipinski definition) is 7. The van der Waals surface area contributed by atoms with E-state index in [4.69, 9.17) is 4.74 Å². The molecule has 0 radical (unpaired) electrons. The van der Waals surface area contributed by atoms with Crippen LogP contribution in [-0.2, 0) is 16.0 Å². The van der Waals surface area contributed by atoms with Gasteiger partial charge in [0.25, 0.3) is 11.8 Å². The molecular weight excluding hydrogens is 739 g/mol. The Morgan fingerprint density at radius 3 is 1.72 bits per heavy atom. The van der Waals surface area contributed by atoms with Gasteiger partial charge in [0.2, 0.25) is 0 Å². The number of benzene rings is 3. The van der Waals surface area contributed by atoms with E-state index in [-0.39, 0.29) is 18.7 Å². The quantitative estimate of drug-likeness (QED) is 0.0253. The third-order valence-corrected chi connectivity index (χ3v) is 10.5. The highest BCUT2D eigenvalue weighted by Gasteiger charge is 2.48. The largest absolute Gasteiger partial charge is 0.492 e. The summed E-state index contributed by atoms with van der Waals surface area (Å²) in [5.74, 6) is -6.58. The van der Waals surface area contributed by atoms with Gasteiger partial charge in [-0.15, -0.1) is 0 Å². The lowest BCUT2D eigenvalue weighted by Crippen LogP contribution is -2.52. The van der Waals surface area contributed by atoms with Gasteiger partial charge in [-0.05, 0) is 43.2 Å². The number of carboxylic acids is 2. The van der Waals surface area contributed by atoms with E-state index in [2.05, 4.69) is 17.6 Å². The number of anilines is 1. The van der Waals surface area contributed by atoms with Crippen molar-refractivity contribution in [3.05, 3.63) is 94.5 Å². The minimum absolute atomic E-state index is 0.0548. The van der Waals surface area contributed by atoms with E-state index in [1.807, 2.05) is 19.1 Å². The molecule has 4 N–H and O–H groups in total. The summed E-state index contributed by atoms with van der Waals surface area (Å²) in [6.07, 6.45) is 19.0. The number of imide groups is 1. The number of nitrogens with zero attached hydrogens (tertiary/aromatic N) is 1. The van der Waals surface area contributed by atoms with E-state index in [0.717, 1.165) is 48.9 Å². The molecular formula is C46H59N3O9. The maximum absolute atomic E-state index is 14.3. The fourth-order valence-corrected chi connectivity index (χ4v) is 7.20. The SMILES string of the molecule is CCCCCCCCCCCCCCCCCCOc1c(C(=O)O)cc(C(=O)C(C(=O)Nc2ccccc2)N2C(=O)NC(Cc3ccc(C)cc3)C2=O)cc1C(=O)O. The number of aryl methyl sites for hydroxylation is 1. The molecule has 1 heterocycles. The first-order valence-electron chi connectivity index (χ1n) is 20.9. The van der Waals surface area contributed by atoms with Crippen LogP contribution in [0.3, 0.4) is 0 Å². The molecule has 0 aromatic heterocycles. The van der Waals surface area contributed by atoms with Gasteiger partial charge in [0.05, 0.1) is 6.61 Å². The van der Waals surface area contributed by atoms with Crippen molar-refractivity contribution in [3.8, 4) is 5.75 Å². The second kappa shape index (κ2) is 23.6. The van der Waals surface area contributed by atoms with Gasteiger partial charge >= 0.3 is 18.0 Å². The summed E-state index contributed by atoms with van der Waals surface area (Å²) in [6.45, 7) is 4.20. The van der Waals surface area contributed by atoms with Gasteiger partial charge < -0.3 is 25.6 Å². The molecule has 1 saturated heterocycles. The van der Waals surface area contributed by atoms with Crippen molar-refractivity contribution in [2.75, 3.05) is 11.9 Å².